The molecule has 0 unspecified atom stereocenters. The molecule has 0 radical (unpaired) electrons. The van der Waals surface area contributed by atoms with Crippen LogP contribution in [0.15, 0.2) is 64.0 Å². The van der Waals surface area contributed by atoms with Crippen molar-refractivity contribution in [3.05, 3.63) is 70.3 Å². The number of likely N-dealkylation sites (tertiary alicyclic amines) is 1. The number of amides is 2. The summed E-state index contributed by atoms with van der Waals surface area (Å²) in [6.07, 6.45) is 0. The maximum atomic E-state index is 13.1. The van der Waals surface area contributed by atoms with E-state index in [-0.39, 0.29) is 11.8 Å². The van der Waals surface area contributed by atoms with Gasteiger partial charge in [-0.2, -0.15) is 5.26 Å². The largest absolute Gasteiger partial charge is 0.321 e. The van der Waals surface area contributed by atoms with Gasteiger partial charge in [0.1, 0.15) is 6.04 Å². The molecule has 0 saturated carbocycles. The van der Waals surface area contributed by atoms with E-state index in [1.54, 1.807) is 0 Å². The van der Waals surface area contributed by atoms with E-state index in [4.69, 9.17) is 0 Å². The Kier molecular flexibility index (Phi) is 3.65. The van der Waals surface area contributed by atoms with Crippen molar-refractivity contribution in [2.24, 2.45) is 5.92 Å². The number of carbonyl (C=O) groups excluding carboxylic acids is 2. The van der Waals surface area contributed by atoms with Gasteiger partial charge in [0.25, 0.3) is 5.91 Å². The highest BCUT2D eigenvalue weighted by molar-refractivity contribution is 8.03. The summed E-state index contributed by atoms with van der Waals surface area (Å²) in [5.74, 6) is -1.46. The Labute approximate surface area is 167 Å². The molecule has 3 aliphatic heterocycles. The molecule has 138 valence electrons. The third kappa shape index (κ3) is 2.14. The van der Waals surface area contributed by atoms with Gasteiger partial charge in [0.05, 0.1) is 28.3 Å². The number of nitriles is 1. The predicted octanol–water partition coefficient (Wildman–Crippen LogP) is 3.42. The second kappa shape index (κ2) is 5.98. The second-order valence-electron chi connectivity index (χ2n) is 7.36. The summed E-state index contributed by atoms with van der Waals surface area (Å²) < 4.78 is 0. The first-order valence-corrected chi connectivity index (χ1v) is 9.93. The number of nitrogens with zero attached hydrogens (tertiary/aromatic N) is 3. The molecule has 1 saturated heterocycles. The van der Waals surface area contributed by atoms with Crippen molar-refractivity contribution in [2.45, 2.75) is 23.8 Å². The number of thioether (sulfide) groups is 1. The van der Waals surface area contributed by atoms with Crippen LogP contribution in [0.1, 0.15) is 17.0 Å². The van der Waals surface area contributed by atoms with Gasteiger partial charge in [-0.15, -0.1) is 0 Å². The van der Waals surface area contributed by atoms with Gasteiger partial charge in [-0.3, -0.25) is 14.5 Å². The quantitative estimate of drug-likeness (QED) is 0.702. The Hall–Kier alpha value is -3.04. The summed E-state index contributed by atoms with van der Waals surface area (Å²) in [7, 11) is 1.54. The fourth-order valence-corrected chi connectivity index (χ4v) is 5.68. The Morgan fingerprint density at radius 1 is 1.04 bits per heavy atom. The number of para-hydroxylation sites is 1. The zero-order valence-corrected chi connectivity index (χ0v) is 16.2. The minimum absolute atomic E-state index is 0.209. The summed E-state index contributed by atoms with van der Waals surface area (Å²) >= 11 is 1.51. The molecule has 28 heavy (non-hydrogen) atoms. The van der Waals surface area contributed by atoms with Gasteiger partial charge in [0.15, 0.2) is 0 Å². The maximum absolute atomic E-state index is 13.1. The lowest BCUT2D eigenvalue weighted by Gasteiger charge is -2.38. The Balaban J connectivity index is 1.78. The van der Waals surface area contributed by atoms with Crippen LogP contribution in [-0.2, 0) is 9.59 Å². The number of fused-ring (bicyclic) bond motifs is 5. The smallest absolute Gasteiger partial charge is 0.252 e. The molecule has 5 rings (SSSR count). The fraction of sp³-hybridized carbons (Fsp3) is 0.227. The molecule has 3 heterocycles. The molecular formula is C22H17N3O2S. The Morgan fingerprint density at radius 3 is 2.46 bits per heavy atom. The van der Waals surface area contributed by atoms with E-state index in [9.17, 15) is 14.9 Å². The number of likely N-dealkylation sites (N-methyl/N-ethyl adjacent to an activating group) is 1. The van der Waals surface area contributed by atoms with E-state index in [1.807, 2.05) is 60.4 Å². The van der Waals surface area contributed by atoms with E-state index >= 15 is 0 Å². The standard InChI is InChI=1S/C22H17N3O2S/c1-12-7-9-13(10-8-12)17-14(11-23)22-25(15-5-3-4-6-16(15)28-22)19-18(17)20(26)24(2)21(19)27/h3-10,17-19H,1-2H3/t17-,18-,19+/m1/s1. The van der Waals surface area contributed by atoms with Crippen molar-refractivity contribution in [3.63, 3.8) is 0 Å². The molecule has 3 atom stereocenters. The summed E-state index contributed by atoms with van der Waals surface area (Å²) in [5.41, 5.74) is 3.46. The molecule has 0 spiro atoms. The van der Waals surface area contributed by atoms with Crippen molar-refractivity contribution in [1.82, 2.24) is 4.90 Å². The first-order valence-electron chi connectivity index (χ1n) is 9.11. The van der Waals surface area contributed by atoms with Gasteiger partial charge in [0, 0.05) is 17.9 Å². The van der Waals surface area contributed by atoms with Crippen molar-refractivity contribution < 1.29 is 9.59 Å². The van der Waals surface area contributed by atoms with Crippen molar-refractivity contribution in [2.75, 3.05) is 11.9 Å². The number of aryl methyl sites for hydroxylation is 1. The molecule has 2 amide bonds. The molecule has 2 aromatic rings. The normalized spacial score (nSPS) is 25.5. The molecule has 3 aliphatic rings. The van der Waals surface area contributed by atoms with Gasteiger partial charge in [-0.1, -0.05) is 53.7 Å². The summed E-state index contributed by atoms with van der Waals surface area (Å²) in [4.78, 5) is 30.3. The van der Waals surface area contributed by atoms with Crippen molar-refractivity contribution >= 4 is 29.3 Å². The van der Waals surface area contributed by atoms with E-state index < -0.39 is 17.9 Å². The molecule has 1 fully saturated rings. The number of hydrogen-bond acceptors (Lipinski definition) is 5. The number of benzene rings is 2. The lowest BCUT2D eigenvalue weighted by atomic mass is 9.75. The number of imide groups is 1. The zero-order valence-electron chi connectivity index (χ0n) is 15.4. The molecular weight excluding hydrogens is 370 g/mol. The van der Waals surface area contributed by atoms with Crippen molar-refractivity contribution in [1.29, 1.82) is 5.26 Å². The second-order valence-corrected chi connectivity index (χ2v) is 8.40. The van der Waals surface area contributed by atoms with Crippen LogP contribution in [0.25, 0.3) is 0 Å². The number of carbonyl (C=O) groups is 2. The molecule has 5 nitrogen and oxygen atoms in total. The molecule has 0 aliphatic carbocycles. The number of rotatable bonds is 1. The van der Waals surface area contributed by atoms with Crippen LogP contribution in [0.2, 0.25) is 0 Å². The predicted molar refractivity (Wildman–Crippen MR) is 106 cm³/mol. The molecule has 0 N–H and O–H groups in total. The summed E-state index contributed by atoms with van der Waals surface area (Å²) in [6, 6.07) is 17.4. The molecule has 2 aromatic carbocycles. The van der Waals surface area contributed by atoms with Gasteiger partial charge in [-0.05, 0) is 24.6 Å². The maximum Gasteiger partial charge on any atom is 0.252 e. The van der Waals surface area contributed by atoms with E-state index in [0.29, 0.717) is 5.57 Å². The van der Waals surface area contributed by atoms with Gasteiger partial charge in [0.2, 0.25) is 5.91 Å². The lowest BCUT2D eigenvalue weighted by molar-refractivity contribution is -0.137. The molecule has 0 aromatic heterocycles. The zero-order chi connectivity index (χ0) is 19.6. The van der Waals surface area contributed by atoms with Crippen LogP contribution < -0.4 is 4.90 Å². The fourth-order valence-electron chi connectivity index (χ4n) is 4.46. The molecule has 6 heteroatoms. The number of anilines is 1. The highest BCUT2D eigenvalue weighted by Crippen LogP contribution is 2.57. The van der Waals surface area contributed by atoms with Gasteiger partial charge >= 0.3 is 0 Å². The van der Waals surface area contributed by atoms with Crippen LogP contribution in [0.3, 0.4) is 0 Å². The monoisotopic (exact) mass is 387 g/mol. The van der Waals surface area contributed by atoms with Crippen LogP contribution in [0, 0.1) is 24.2 Å². The minimum atomic E-state index is -0.618. The van der Waals surface area contributed by atoms with Gasteiger partial charge < -0.3 is 4.90 Å². The third-order valence-corrected chi connectivity index (χ3v) is 7.00. The average molecular weight is 387 g/mol. The average Bonchev–Trinajstić information content (AvgIpc) is 3.19. The first kappa shape index (κ1) is 17.1. The first-order chi connectivity index (χ1) is 13.5. The van der Waals surface area contributed by atoms with E-state index in [1.165, 1.54) is 23.7 Å². The van der Waals surface area contributed by atoms with E-state index in [0.717, 1.165) is 26.7 Å². The number of hydrogen-bond donors (Lipinski definition) is 0. The minimum Gasteiger partial charge on any atom is -0.321 e. The lowest BCUT2D eigenvalue weighted by Crippen LogP contribution is -2.47. The Bertz CT molecular complexity index is 1100. The van der Waals surface area contributed by atoms with Crippen LogP contribution in [0.4, 0.5) is 5.69 Å². The SMILES string of the molecule is Cc1ccc([C@@H]2C(C#N)=C3Sc4ccccc4N3[C@@H]3C(=O)N(C)C(=O)[C@@H]32)cc1. The van der Waals surface area contributed by atoms with Gasteiger partial charge in [-0.25, -0.2) is 0 Å². The van der Waals surface area contributed by atoms with E-state index in [2.05, 4.69) is 6.07 Å². The topological polar surface area (TPSA) is 64.4 Å². The third-order valence-electron chi connectivity index (χ3n) is 5.83. The number of allylic oxidation sites excluding steroid dienone is 1. The van der Waals surface area contributed by atoms with Crippen LogP contribution in [0.5, 0.6) is 0 Å². The molecule has 0 bridgehead atoms. The highest BCUT2D eigenvalue weighted by atomic mass is 32.2. The van der Waals surface area contributed by atoms with Crippen LogP contribution in [-0.4, -0.2) is 29.8 Å². The highest BCUT2D eigenvalue weighted by Gasteiger charge is 2.59. The Morgan fingerprint density at radius 2 is 1.75 bits per heavy atom. The summed E-state index contributed by atoms with van der Waals surface area (Å²) in [5, 5.41) is 10.9. The van der Waals surface area contributed by atoms with Crippen LogP contribution >= 0.6 is 11.8 Å². The summed E-state index contributed by atoms with van der Waals surface area (Å²) in [6.45, 7) is 2.00. The van der Waals surface area contributed by atoms with Crippen molar-refractivity contribution in [3.8, 4) is 6.07 Å².